The van der Waals surface area contributed by atoms with E-state index in [1.54, 1.807) is 6.07 Å². The van der Waals surface area contributed by atoms with Crippen molar-refractivity contribution in [1.29, 1.82) is 0 Å². The highest BCUT2D eigenvalue weighted by molar-refractivity contribution is 9.10. The number of rotatable bonds is 4. The van der Waals surface area contributed by atoms with Crippen LogP contribution in [-0.4, -0.2) is 15.5 Å². The summed E-state index contributed by atoms with van der Waals surface area (Å²) in [6.45, 7) is 0. The van der Waals surface area contributed by atoms with Gasteiger partial charge in [-0.05, 0) is 52.3 Å². The summed E-state index contributed by atoms with van der Waals surface area (Å²) in [4.78, 5) is -0.0392. The number of hydrogen-bond acceptors (Lipinski definition) is 3. The van der Waals surface area contributed by atoms with Gasteiger partial charge in [-0.3, -0.25) is 4.72 Å². The molecule has 0 saturated heterocycles. The van der Waals surface area contributed by atoms with E-state index in [0.29, 0.717) is 4.47 Å². The third kappa shape index (κ3) is 3.75. The SMILES string of the molecule is COc1ccc(Br)cc1S(=O)(=O)Nc1ccc(Br)c(F)c1. The average Bonchev–Trinajstić information content (AvgIpc) is 2.42. The maximum absolute atomic E-state index is 13.5. The number of anilines is 1. The van der Waals surface area contributed by atoms with E-state index in [4.69, 9.17) is 4.74 Å². The molecular weight excluding hydrogens is 429 g/mol. The summed E-state index contributed by atoms with van der Waals surface area (Å²) in [5.41, 5.74) is 0.123. The zero-order valence-corrected chi connectivity index (χ0v) is 14.7. The van der Waals surface area contributed by atoms with E-state index in [2.05, 4.69) is 36.6 Å². The summed E-state index contributed by atoms with van der Waals surface area (Å²) < 4.78 is 46.4. The number of methoxy groups -OCH3 is 1. The van der Waals surface area contributed by atoms with Crippen molar-refractivity contribution in [2.75, 3.05) is 11.8 Å². The van der Waals surface area contributed by atoms with Gasteiger partial charge in [0, 0.05) is 4.47 Å². The van der Waals surface area contributed by atoms with E-state index in [1.807, 2.05) is 0 Å². The van der Waals surface area contributed by atoms with Gasteiger partial charge in [0.05, 0.1) is 17.3 Å². The number of benzene rings is 2. The first-order valence-corrected chi connectivity index (χ1v) is 8.72. The molecule has 0 fully saturated rings. The highest BCUT2D eigenvalue weighted by Gasteiger charge is 2.20. The Morgan fingerprint density at radius 2 is 1.86 bits per heavy atom. The van der Waals surface area contributed by atoms with E-state index in [1.165, 1.54) is 31.4 Å². The van der Waals surface area contributed by atoms with Gasteiger partial charge in [-0.15, -0.1) is 0 Å². The minimum atomic E-state index is -3.90. The lowest BCUT2D eigenvalue weighted by molar-refractivity contribution is 0.403. The Labute approximate surface area is 138 Å². The van der Waals surface area contributed by atoms with E-state index in [0.717, 1.165) is 6.07 Å². The zero-order valence-electron chi connectivity index (χ0n) is 10.7. The van der Waals surface area contributed by atoms with Crippen LogP contribution in [0.1, 0.15) is 0 Å². The zero-order chi connectivity index (χ0) is 15.6. The van der Waals surface area contributed by atoms with Gasteiger partial charge in [0.15, 0.2) is 0 Å². The molecule has 0 aliphatic heterocycles. The Hall–Kier alpha value is -1.12. The molecule has 2 aromatic carbocycles. The molecule has 2 aromatic rings. The molecule has 8 heteroatoms. The molecule has 0 aliphatic rings. The molecule has 0 aromatic heterocycles. The largest absolute Gasteiger partial charge is 0.495 e. The van der Waals surface area contributed by atoms with Crippen LogP contribution in [0.2, 0.25) is 0 Å². The Morgan fingerprint density at radius 3 is 2.48 bits per heavy atom. The molecule has 0 atom stereocenters. The minimum absolute atomic E-state index is 0.0392. The lowest BCUT2D eigenvalue weighted by Gasteiger charge is -2.12. The highest BCUT2D eigenvalue weighted by Crippen LogP contribution is 2.29. The molecule has 0 radical (unpaired) electrons. The fourth-order valence-corrected chi connectivity index (χ4v) is 3.64. The minimum Gasteiger partial charge on any atom is -0.495 e. The van der Waals surface area contributed by atoms with Crippen molar-refractivity contribution in [3.8, 4) is 5.75 Å². The fraction of sp³-hybridized carbons (Fsp3) is 0.0769. The Bertz CT molecular complexity index is 781. The average molecular weight is 439 g/mol. The normalized spacial score (nSPS) is 11.2. The summed E-state index contributed by atoms with van der Waals surface area (Å²) >= 11 is 6.22. The molecule has 0 aliphatic carbocycles. The molecule has 4 nitrogen and oxygen atoms in total. The number of hydrogen-bond donors (Lipinski definition) is 1. The second-order valence-corrected chi connectivity index (χ2v) is 7.45. The van der Waals surface area contributed by atoms with Gasteiger partial charge >= 0.3 is 0 Å². The first-order chi connectivity index (χ1) is 9.83. The van der Waals surface area contributed by atoms with Crippen LogP contribution in [0.5, 0.6) is 5.75 Å². The van der Waals surface area contributed by atoms with E-state index in [9.17, 15) is 12.8 Å². The van der Waals surface area contributed by atoms with E-state index in [-0.39, 0.29) is 20.8 Å². The molecule has 0 spiro atoms. The van der Waals surface area contributed by atoms with Gasteiger partial charge in [0.2, 0.25) is 0 Å². The summed E-state index contributed by atoms with van der Waals surface area (Å²) in [6.07, 6.45) is 0. The van der Waals surface area contributed by atoms with Gasteiger partial charge in [-0.25, -0.2) is 12.8 Å². The van der Waals surface area contributed by atoms with Crippen LogP contribution >= 0.6 is 31.9 Å². The van der Waals surface area contributed by atoms with Gasteiger partial charge < -0.3 is 4.74 Å². The van der Waals surface area contributed by atoms with Crippen LogP contribution in [0.4, 0.5) is 10.1 Å². The summed E-state index contributed by atoms with van der Waals surface area (Å²) in [5, 5.41) is 0. The van der Waals surface area contributed by atoms with Gasteiger partial charge in [0.1, 0.15) is 16.5 Å². The molecule has 0 saturated carbocycles. The van der Waals surface area contributed by atoms with Crippen molar-refractivity contribution in [3.05, 3.63) is 51.2 Å². The summed E-state index contributed by atoms with van der Waals surface area (Å²) in [5.74, 6) is -0.361. The molecule has 0 heterocycles. The molecule has 21 heavy (non-hydrogen) atoms. The lowest BCUT2D eigenvalue weighted by Crippen LogP contribution is -2.14. The smallest absolute Gasteiger partial charge is 0.265 e. The molecule has 0 bridgehead atoms. The molecule has 1 N–H and O–H groups in total. The third-order valence-corrected chi connectivity index (χ3v) is 5.13. The molecule has 2 rings (SSSR count). The molecule has 112 valence electrons. The second-order valence-electron chi connectivity index (χ2n) is 4.03. The summed E-state index contributed by atoms with van der Waals surface area (Å²) in [7, 11) is -2.52. The van der Waals surface area contributed by atoms with Gasteiger partial charge in [-0.1, -0.05) is 15.9 Å². The quantitative estimate of drug-likeness (QED) is 0.779. The van der Waals surface area contributed by atoms with Crippen LogP contribution in [0.25, 0.3) is 0 Å². The number of halogens is 3. The Balaban J connectivity index is 2.42. The maximum Gasteiger partial charge on any atom is 0.265 e. The predicted octanol–water partition coefficient (Wildman–Crippen LogP) is 4.16. The second kappa shape index (κ2) is 6.33. The van der Waals surface area contributed by atoms with Crippen molar-refractivity contribution in [3.63, 3.8) is 0 Å². The van der Waals surface area contributed by atoms with Crippen LogP contribution in [0.15, 0.2) is 50.2 Å². The number of ether oxygens (including phenoxy) is 1. The standard InChI is InChI=1S/C13H10Br2FNO3S/c1-20-12-5-2-8(14)6-13(12)21(18,19)17-9-3-4-10(15)11(16)7-9/h2-7,17H,1H3. The van der Waals surface area contributed by atoms with Crippen molar-refractivity contribution in [2.24, 2.45) is 0 Å². The summed E-state index contributed by atoms with van der Waals surface area (Å²) in [6, 6.07) is 8.57. The highest BCUT2D eigenvalue weighted by atomic mass is 79.9. The van der Waals surface area contributed by atoms with Gasteiger partial charge in [-0.2, -0.15) is 0 Å². The third-order valence-electron chi connectivity index (χ3n) is 2.59. The number of nitrogens with one attached hydrogen (secondary N) is 1. The monoisotopic (exact) mass is 437 g/mol. The van der Waals surface area contributed by atoms with Crippen molar-refractivity contribution in [1.82, 2.24) is 0 Å². The Morgan fingerprint density at radius 1 is 1.14 bits per heavy atom. The van der Waals surface area contributed by atoms with Crippen LogP contribution in [0, 0.1) is 5.82 Å². The maximum atomic E-state index is 13.5. The van der Waals surface area contributed by atoms with Crippen LogP contribution in [-0.2, 0) is 10.0 Å². The van der Waals surface area contributed by atoms with Crippen LogP contribution < -0.4 is 9.46 Å². The topological polar surface area (TPSA) is 55.4 Å². The fourth-order valence-electron chi connectivity index (χ4n) is 1.63. The Kier molecular flexibility index (Phi) is 4.90. The van der Waals surface area contributed by atoms with Crippen molar-refractivity contribution >= 4 is 47.6 Å². The predicted molar refractivity (Wildman–Crippen MR) is 85.6 cm³/mol. The molecule has 0 amide bonds. The van der Waals surface area contributed by atoms with Crippen molar-refractivity contribution in [2.45, 2.75) is 4.90 Å². The van der Waals surface area contributed by atoms with E-state index >= 15 is 0 Å². The van der Waals surface area contributed by atoms with E-state index < -0.39 is 15.8 Å². The molecule has 0 unspecified atom stereocenters. The first-order valence-electron chi connectivity index (χ1n) is 5.65. The first kappa shape index (κ1) is 16.3. The van der Waals surface area contributed by atoms with Gasteiger partial charge in [0.25, 0.3) is 10.0 Å². The lowest BCUT2D eigenvalue weighted by atomic mass is 10.3. The van der Waals surface area contributed by atoms with Crippen LogP contribution in [0.3, 0.4) is 0 Å². The number of sulfonamides is 1. The van der Waals surface area contributed by atoms with Crippen molar-refractivity contribution < 1.29 is 17.5 Å². The molecular formula is C13H10Br2FNO3S.